The molecule has 0 aromatic carbocycles. The maximum absolute atomic E-state index is 13.0. The highest BCUT2D eigenvalue weighted by molar-refractivity contribution is 5.75. The van der Waals surface area contributed by atoms with Crippen LogP contribution in [-0.4, -0.2) is 53.5 Å². The van der Waals surface area contributed by atoms with Gasteiger partial charge in [-0.2, -0.15) is 0 Å². The second-order valence-electron chi connectivity index (χ2n) is 9.00. The first-order valence-corrected chi connectivity index (χ1v) is 9.85. The van der Waals surface area contributed by atoms with E-state index in [1.165, 1.54) is 32.1 Å². The fourth-order valence-corrected chi connectivity index (χ4v) is 5.88. The molecule has 2 amide bonds. The molecule has 0 unspecified atom stereocenters. The van der Waals surface area contributed by atoms with Crippen molar-refractivity contribution in [3.05, 3.63) is 0 Å². The number of likely N-dealkylation sites (tertiary alicyclic amines) is 1. The van der Waals surface area contributed by atoms with Crippen LogP contribution in [-0.2, 0) is 4.74 Å². The molecule has 5 nitrogen and oxygen atoms in total. The molecule has 4 fully saturated rings. The van der Waals surface area contributed by atoms with Crippen molar-refractivity contribution >= 4 is 6.03 Å². The zero-order valence-electron chi connectivity index (χ0n) is 15.0. The molecule has 2 N–H and O–H groups in total. The van der Waals surface area contributed by atoms with Crippen molar-refractivity contribution in [1.29, 1.82) is 0 Å². The second-order valence-corrected chi connectivity index (χ2v) is 9.00. The zero-order chi connectivity index (χ0) is 16.9. The van der Waals surface area contributed by atoms with Crippen molar-refractivity contribution in [3.63, 3.8) is 0 Å². The van der Waals surface area contributed by atoms with Crippen molar-refractivity contribution in [2.45, 2.75) is 83.1 Å². The lowest BCUT2D eigenvalue weighted by Crippen LogP contribution is -2.68. The highest BCUT2D eigenvalue weighted by atomic mass is 16.5. The predicted octanol–water partition coefficient (Wildman–Crippen LogP) is 2.53. The second kappa shape index (κ2) is 6.17. The summed E-state index contributed by atoms with van der Waals surface area (Å²) in [6, 6.07) is 0.451. The van der Waals surface area contributed by atoms with Crippen molar-refractivity contribution in [1.82, 2.24) is 10.2 Å². The lowest BCUT2D eigenvalue weighted by atomic mass is 9.57. The first kappa shape index (κ1) is 16.6. The molecule has 24 heavy (non-hydrogen) atoms. The van der Waals surface area contributed by atoms with Gasteiger partial charge in [0.1, 0.15) is 0 Å². The minimum Gasteiger partial charge on any atom is -0.391 e. The van der Waals surface area contributed by atoms with Gasteiger partial charge < -0.3 is 20.1 Å². The van der Waals surface area contributed by atoms with Crippen LogP contribution in [0.2, 0.25) is 0 Å². The van der Waals surface area contributed by atoms with Crippen LogP contribution in [0.1, 0.15) is 58.8 Å². The van der Waals surface area contributed by atoms with E-state index in [0.717, 1.165) is 19.4 Å². The average Bonchev–Trinajstić information content (AvgIpc) is 3.18. The van der Waals surface area contributed by atoms with E-state index in [0.29, 0.717) is 24.5 Å². The third-order valence-electron chi connectivity index (χ3n) is 7.16. The molecule has 2 aliphatic carbocycles. The molecule has 0 radical (unpaired) electrons. The minimum atomic E-state index is -0.361. The van der Waals surface area contributed by atoms with E-state index in [4.69, 9.17) is 4.74 Å². The number of nitrogens with zero attached hydrogens (tertiary/aromatic N) is 1. The number of β-amino-alcohol motifs (C(OH)–C–C–N with tert-alkyl or cyclic N) is 1. The van der Waals surface area contributed by atoms with E-state index >= 15 is 0 Å². The van der Waals surface area contributed by atoms with Gasteiger partial charge >= 0.3 is 6.03 Å². The van der Waals surface area contributed by atoms with Crippen LogP contribution in [0, 0.1) is 17.3 Å². The normalized spacial score (nSPS) is 41.8. The Bertz CT molecular complexity index is 489. The summed E-state index contributed by atoms with van der Waals surface area (Å²) in [5, 5.41) is 13.5. The molecule has 4 rings (SSSR count). The highest BCUT2D eigenvalue weighted by Crippen LogP contribution is 2.52. The fraction of sp³-hybridized carbons (Fsp3) is 0.947. The van der Waals surface area contributed by atoms with Crippen molar-refractivity contribution in [3.8, 4) is 0 Å². The number of urea groups is 1. The average molecular weight is 336 g/mol. The summed E-state index contributed by atoms with van der Waals surface area (Å²) in [5.74, 6) is 1.03. The quantitative estimate of drug-likeness (QED) is 0.814. The number of aliphatic hydroxyl groups is 1. The van der Waals surface area contributed by atoms with Gasteiger partial charge in [-0.05, 0) is 31.6 Å². The number of rotatable bonds is 2. The van der Waals surface area contributed by atoms with Gasteiger partial charge in [-0.3, -0.25) is 0 Å². The molecule has 4 aliphatic rings. The molecule has 0 aromatic heterocycles. The van der Waals surface area contributed by atoms with Crippen LogP contribution < -0.4 is 5.32 Å². The molecular formula is C19H32N2O3. The summed E-state index contributed by atoms with van der Waals surface area (Å²) < 4.78 is 5.83. The van der Waals surface area contributed by atoms with E-state index in [9.17, 15) is 9.90 Å². The van der Waals surface area contributed by atoms with Crippen LogP contribution in [0.3, 0.4) is 0 Å². The van der Waals surface area contributed by atoms with Gasteiger partial charge in [0.25, 0.3) is 0 Å². The molecule has 5 heteroatoms. The summed E-state index contributed by atoms with van der Waals surface area (Å²) in [6.07, 6.45) is 7.99. The van der Waals surface area contributed by atoms with Gasteiger partial charge in [0.2, 0.25) is 0 Å². The Labute approximate surface area is 145 Å². The zero-order valence-corrected chi connectivity index (χ0v) is 15.0. The number of nitrogens with one attached hydrogen (secondary N) is 1. The minimum absolute atomic E-state index is 0.00943. The lowest BCUT2D eigenvalue weighted by molar-refractivity contribution is -0.109. The third kappa shape index (κ3) is 2.64. The number of aliphatic hydroxyl groups excluding tert-OH is 1. The summed E-state index contributed by atoms with van der Waals surface area (Å²) >= 11 is 0. The SMILES string of the molecule is CC1(C)[C@H](NC(=O)N2C[C@H](O)C[C@@H]2C2CCCCC2)[C@H]2CCO[C@H]21. The van der Waals surface area contributed by atoms with E-state index in [-0.39, 0.29) is 29.6 Å². The van der Waals surface area contributed by atoms with Gasteiger partial charge in [-0.15, -0.1) is 0 Å². The monoisotopic (exact) mass is 336 g/mol. The first-order chi connectivity index (χ1) is 11.5. The van der Waals surface area contributed by atoms with Crippen LogP contribution >= 0.6 is 0 Å². The molecule has 0 aromatic rings. The number of carbonyl (C=O) groups is 1. The molecule has 5 atom stereocenters. The van der Waals surface area contributed by atoms with Gasteiger partial charge in [0.05, 0.1) is 12.2 Å². The lowest BCUT2D eigenvalue weighted by Gasteiger charge is -2.55. The molecule has 2 heterocycles. The van der Waals surface area contributed by atoms with Gasteiger partial charge in [0, 0.05) is 36.6 Å². The number of hydrogen-bond donors (Lipinski definition) is 2. The highest BCUT2D eigenvalue weighted by Gasteiger charge is 2.60. The topological polar surface area (TPSA) is 61.8 Å². The van der Waals surface area contributed by atoms with E-state index in [1.54, 1.807) is 0 Å². The largest absolute Gasteiger partial charge is 0.391 e. The number of amides is 2. The maximum Gasteiger partial charge on any atom is 0.317 e. The van der Waals surface area contributed by atoms with E-state index < -0.39 is 0 Å². The molecule has 0 spiro atoms. The Morgan fingerprint density at radius 3 is 2.71 bits per heavy atom. The Balaban J connectivity index is 1.43. The van der Waals surface area contributed by atoms with E-state index in [2.05, 4.69) is 19.2 Å². The van der Waals surface area contributed by atoms with Crippen LogP contribution in [0.4, 0.5) is 4.79 Å². The smallest absolute Gasteiger partial charge is 0.317 e. The van der Waals surface area contributed by atoms with Crippen LogP contribution in [0.25, 0.3) is 0 Å². The van der Waals surface area contributed by atoms with Crippen molar-refractivity contribution < 1.29 is 14.6 Å². The first-order valence-electron chi connectivity index (χ1n) is 9.85. The Hall–Kier alpha value is -0.810. The van der Waals surface area contributed by atoms with E-state index in [1.807, 2.05) is 4.90 Å². The molecular weight excluding hydrogens is 304 g/mol. The number of hydrogen-bond acceptors (Lipinski definition) is 3. The Morgan fingerprint density at radius 2 is 1.96 bits per heavy atom. The summed E-state index contributed by atoms with van der Waals surface area (Å²) in [5.41, 5.74) is 0.00943. The summed E-state index contributed by atoms with van der Waals surface area (Å²) in [6.45, 7) is 5.70. The number of ether oxygens (including phenoxy) is 1. The van der Waals surface area contributed by atoms with Gasteiger partial charge in [-0.1, -0.05) is 33.1 Å². The fourth-order valence-electron chi connectivity index (χ4n) is 5.88. The summed E-state index contributed by atoms with van der Waals surface area (Å²) in [7, 11) is 0. The number of fused-ring (bicyclic) bond motifs is 1. The Kier molecular flexibility index (Phi) is 4.28. The number of carbonyl (C=O) groups excluding carboxylic acids is 1. The van der Waals surface area contributed by atoms with Crippen LogP contribution in [0.5, 0.6) is 0 Å². The summed E-state index contributed by atoms with van der Waals surface area (Å²) in [4.78, 5) is 14.9. The Morgan fingerprint density at radius 1 is 1.21 bits per heavy atom. The molecule has 2 saturated carbocycles. The van der Waals surface area contributed by atoms with Crippen molar-refractivity contribution in [2.24, 2.45) is 17.3 Å². The standard InChI is InChI=1S/C19H32N2O3/c1-19(2)16(14-8-9-24-17(14)19)20-18(23)21-11-13(22)10-15(21)12-6-4-3-5-7-12/h12-17,22H,3-11H2,1-2H3,(H,20,23)/t13-,14-,15-,16-,17-/m1/s1. The van der Waals surface area contributed by atoms with Crippen LogP contribution in [0.15, 0.2) is 0 Å². The van der Waals surface area contributed by atoms with Gasteiger partial charge in [0.15, 0.2) is 0 Å². The maximum atomic E-state index is 13.0. The van der Waals surface area contributed by atoms with Gasteiger partial charge in [-0.25, -0.2) is 4.79 Å². The van der Waals surface area contributed by atoms with Crippen molar-refractivity contribution in [2.75, 3.05) is 13.2 Å². The molecule has 2 saturated heterocycles. The third-order valence-corrected chi connectivity index (χ3v) is 7.16. The predicted molar refractivity (Wildman–Crippen MR) is 91.6 cm³/mol. The molecule has 0 bridgehead atoms. The molecule has 136 valence electrons. The molecule has 2 aliphatic heterocycles.